The average molecular weight is 408 g/mol. The predicted molar refractivity (Wildman–Crippen MR) is 97.5 cm³/mol. The van der Waals surface area contributed by atoms with E-state index in [0.717, 1.165) is 26.4 Å². The first-order valence-electron chi connectivity index (χ1n) is 9.66. The summed E-state index contributed by atoms with van der Waals surface area (Å²) in [5.74, 6) is -2.09. The van der Waals surface area contributed by atoms with E-state index in [2.05, 4.69) is 0 Å². The van der Waals surface area contributed by atoms with Crippen LogP contribution in [0.4, 0.5) is 0 Å². The normalized spacial score (nSPS) is 28.1. The minimum Gasteiger partial charge on any atom is -0.478 e. The minimum atomic E-state index is -1.05. The Morgan fingerprint density at radius 3 is 1.38 bits per heavy atom. The molecule has 0 bridgehead atoms. The van der Waals surface area contributed by atoms with Crippen molar-refractivity contribution < 1.29 is 43.5 Å². The molecule has 9 nitrogen and oxygen atoms in total. The van der Waals surface area contributed by atoms with Crippen molar-refractivity contribution in [3.05, 3.63) is 34.4 Å². The number of aromatic carboxylic acids is 2. The monoisotopic (exact) mass is 408 g/mol. The van der Waals surface area contributed by atoms with Gasteiger partial charge in [-0.25, -0.2) is 9.59 Å². The van der Waals surface area contributed by atoms with E-state index in [-0.39, 0.29) is 23.3 Å². The first-order valence-corrected chi connectivity index (χ1v) is 9.66. The van der Waals surface area contributed by atoms with Crippen LogP contribution in [0.3, 0.4) is 0 Å². The SMILES string of the molecule is C(OCC1CO1)C1CO1.O=C(O)c1ccc(C(=O)O)c(CC2CO2)c1CC1CO1. The van der Waals surface area contributed by atoms with E-state index >= 15 is 0 Å². The number of benzene rings is 1. The van der Waals surface area contributed by atoms with Crippen molar-refractivity contribution in [1.82, 2.24) is 0 Å². The van der Waals surface area contributed by atoms with Gasteiger partial charge in [-0.1, -0.05) is 0 Å². The standard InChI is InChI=1S/C14H14O6.C6H10O3/c15-13(16)9-1-2-10(14(17)18)12(4-8-6-20-8)11(9)3-7-5-19-7;1(5-3-8-5)7-2-6-4-9-6/h1-2,7-8H,3-6H2,(H,15,16)(H,17,18);5-6H,1-4H2. The highest BCUT2D eigenvalue weighted by Gasteiger charge is 2.32. The molecule has 4 aliphatic heterocycles. The van der Waals surface area contributed by atoms with Gasteiger partial charge < -0.3 is 33.9 Å². The third kappa shape index (κ3) is 6.22. The maximum atomic E-state index is 11.3. The maximum Gasteiger partial charge on any atom is 0.335 e. The van der Waals surface area contributed by atoms with Crippen LogP contribution in [0.15, 0.2) is 12.1 Å². The molecular weight excluding hydrogens is 384 g/mol. The third-order valence-electron chi connectivity index (χ3n) is 4.97. The summed E-state index contributed by atoms with van der Waals surface area (Å²) >= 11 is 0. The fraction of sp³-hybridized carbons (Fsp3) is 0.600. The summed E-state index contributed by atoms with van der Waals surface area (Å²) in [7, 11) is 0. The van der Waals surface area contributed by atoms with Crippen LogP contribution in [0.25, 0.3) is 0 Å². The molecule has 5 rings (SSSR count). The van der Waals surface area contributed by atoms with Crippen molar-refractivity contribution in [2.24, 2.45) is 0 Å². The Kier molecular flexibility index (Phi) is 6.12. The second-order valence-electron chi connectivity index (χ2n) is 7.50. The van der Waals surface area contributed by atoms with E-state index in [0.29, 0.717) is 49.4 Å². The largest absolute Gasteiger partial charge is 0.478 e. The summed E-state index contributed by atoms with van der Waals surface area (Å²) < 4.78 is 25.4. The average Bonchev–Trinajstić information content (AvgIpc) is 3.53. The molecule has 0 aromatic heterocycles. The van der Waals surface area contributed by atoms with Gasteiger partial charge in [0.1, 0.15) is 12.2 Å². The number of rotatable bonds is 10. The smallest absolute Gasteiger partial charge is 0.335 e. The van der Waals surface area contributed by atoms with Crippen LogP contribution >= 0.6 is 0 Å². The molecule has 4 fully saturated rings. The van der Waals surface area contributed by atoms with Crippen LogP contribution in [0.5, 0.6) is 0 Å². The number of carboxylic acids is 2. The van der Waals surface area contributed by atoms with E-state index in [1.165, 1.54) is 12.1 Å². The van der Waals surface area contributed by atoms with Gasteiger partial charge in [-0.3, -0.25) is 0 Å². The van der Waals surface area contributed by atoms with E-state index in [9.17, 15) is 19.8 Å². The summed E-state index contributed by atoms with van der Waals surface area (Å²) in [6, 6.07) is 2.72. The third-order valence-corrected chi connectivity index (χ3v) is 4.97. The van der Waals surface area contributed by atoms with Gasteiger partial charge in [0.15, 0.2) is 0 Å². The molecule has 0 spiro atoms. The molecule has 9 heteroatoms. The molecule has 4 saturated heterocycles. The van der Waals surface area contributed by atoms with Gasteiger partial charge >= 0.3 is 11.9 Å². The molecule has 158 valence electrons. The minimum absolute atomic E-state index is 0.00369. The van der Waals surface area contributed by atoms with Gasteiger partial charge in [-0.05, 0) is 23.3 Å². The quantitative estimate of drug-likeness (QED) is 0.538. The van der Waals surface area contributed by atoms with Gasteiger partial charge in [0.2, 0.25) is 0 Å². The zero-order valence-corrected chi connectivity index (χ0v) is 15.9. The molecule has 0 radical (unpaired) electrons. The molecule has 0 aliphatic carbocycles. The molecule has 1 aromatic carbocycles. The highest BCUT2D eigenvalue weighted by molar-refractivity contribution is 5.95. The molecular formula is C20H24O9. The number of epoxide rings is 4. The number of carbonyl (C=O) groups is 2. The van der Waals surface area contributed by atoms with Gasteiger partial charge in [-0.2, -0.15) is 0 Å². The fourth-order valence-electron chi connectivity index (χ4n) is 3.05. The van der Waals surface area contributed by atoms with E-state index < -0.39 is 11.9 Å². The Morgan fingerprint density at radius 1 is 0.759 bits per heavy atom. The van der Waals surface area contributed by atoms with Gasteiger partial charge in [0, 0.05) is 12.8 Å². The Bertz CT molecular complexity index is 698. The Balaban J connectivity index is 0.000000188. The topological polar surface area (TPSA) is 134 Å². The number of hydrogen-bond acceptors (Lipinski definition) is 7. The van der Waals surface area contributed by atoms with Crippen LogP contribution in [0, 0.1) is 0 Å². The Labute approximate surface area is 167 Å². The lowest BCUT2D eigenvalue weighted by molar-refractivity contribution is 0.0678. The lowest BCUT2D eigenvalue weighted by Crippen LogP contribution is -2.15. The van der Waals surface area contributed by atoms with Crippen LogP contribution in [0.2, 0.25) is 0 Å². The number of carboxylic acid groups (broad SMARTS) is 2. The molecule has 29 heavy (non-hydrogen) atoms. The first kappa shape index (κ1) is 20.2. The molecule has 4 aliphatic rings. The summed E-state index contributed by atoms with van der Waals surface area (Å²) in [6.45, 7) is 4.45. The van der Waals surface area contributed by atoms with Crippen LogP contribution in [-0.2, 0) is 36.5 Å². The molecule has 2 N–H and O–H groups in total. The van der Waals surface area contributed by atoms with E-state index in [1.807, 2.05) is 0 Å². The fourth-order valence-corrected chi connectivity index (χ4v) is 3.05. The first-order chi connectivity index (χ1) is 14.0. The zero-order chi connectivity index (χ0) is 20.4. The molecule has 0 saturated carbocycles. The van der Waals surface area contributed by atoms with E-state index in [1.54, 1.807) is 0 Å². The summed E-state index contributed by atoms with van der Waals surface area (Å²) in [5.41, 5.74) is 1.44. The van der Waals surface area contributed by atoms with Crippen molar-refractivity contribution in [2.45, 2.75) is 37.3 Å². The molecule has 4 unspecified atom stereocenters. The second-order valence-corrected chi connectivity index (χ2v) is 7.50. The summed E-state index contributed by atoms with van der Waals surface area (Å²) in [6.07, 6.45) is 1.65. The summed E-state index contributed by atoms with van der Waals surface area (Å²) in [5, 5.41) is 18.6. The molecule has 4 heterocycles. The molecule has 0 amide bonds. The highest BCUT2D eigenvalue weighted by Crippen LogP contribution is 2.29. The maximum absolute atomic E-state index is 11.3. The van der Waals surface area contributed by atoms with Crippen molar-refractivity contribution in [3.63, 3.8) is 0 Å². The lowest BCUT2D eigenvalue weighted by Gasteiger charge is -2.14. The lowest BCUT2D eigenvalue weighted by atomic mass is 9.90. The van der Waals surface area contributed by atoms with Crippen molar-refractivity contribution >= 4 is 11.9 Å². The Morgan fingerprint density at radius 2 is 1.10 bits per heavy atom. The van der Waals surface area contributed by atoms with E-state index in [4.69, 9.17) is 23.7 Å². The van der Waals surface area contributed by atoms with Crippen LogP contribution < -0.4 is 0 Å². The molecule has 1 aromatic rings. The predicted octanol–water partition coefficient (Wildman–Crippen LogP) is 0.766. The van der Waals surface area contributed by atoms with Gasteiger partial charge in [0.25, 0.3) is 0 Å². The number of hydrogen-bond donors (Lipinski definition) is 2. The van der Waals surface area contributed by atoms with Crippen molar-refractivity contribution in [3.8, 4) is 0 Å². The van der Waals surface area contributed by atoms with Crippen molar-refractivity contribution in [1.29, 1.82) is 0 Å². The van der Waals surface area contributed by atoms with Crippen molar-refractivity contribution in [2.75, 3.05) is 39.6 Å². The van der Waals surface area contributed by atoms with Crippen LogP contribution in [0.1, 0.15) is 31.8 Å². The molecule has 4 atom stereocenters. The Hall–Kier alpha value is -2.04. The second kappa shape index (κ2) is 8.76. The van der Waals surface area contributed by atoms with Crippen LogP contribution in [-0.4, -0.2) is 86.2 Å². The highest BCUT2D eigenvalue weighted by atomic mass is 16.6. The number of ether oxygens (including phenoxy) is 5. The zero-order valence-electron chi connectivity index (χ0n) is 15.9. The summed E-state index contributed by atoms with van der Waals surface area (Å²) in [4.78, 5) is 22.7. The van der Waals surface area contributed by atoms with Gasteiger partial charge in [-0.15, -0.1) is 0 Å². The van der Waals surface area contributed by atoms with Gasteiger partial charge in [0.05, 0.1) is 63.0 Å².